The maximum atomic E-state index is 10.9. The van der Waals surface area contributed by atoms with Crippen LogP contribution in [-0.4, -0.2) is 36.5 Å². The van der Waals surface area contributed by atoms with E-state index in [-0.39, 0.29) is 5.69 Å². The average Bonchev–Trinajstić information content (AvgIpc) is 2.90. The molecule has 0 bridgehead atoms. The van der Waals surface area contributed by atoms with Gasteiger partial charge in [0, 0.05) is 23.7 Å². The van der Waals surface area contributed by atoms with Gasteiger partial charge in [-0.05, 0) is 13.8 Å². The first-order valence-corrected chi connectivity index (χ1v) is 7.59. The summed E-state index contributed by atoms with van der Waals surface area (Å²) in [5.74, 6) is 1.55. The molecule has 8 heteroatoms. The normalized spacial score (nSPS) is 15.2. The molecule has 0 spiro atoms. The molecule has 2 aromatic rings. The third kappa shape index (κ3) is 2.64. The van der Waals surface area contributed by atoms with Crippen LogP contribution in [0, 0.1) is 10.1 Å². The van der Waals surface area contributed by atoms with Gasteiger partial charge in [-0.1, -0.05) is 23.9 Å². The van der Waals surface area contributed by atoms with Crippen LogP contribution in [0.15, 0.2) is 29.4 Å². The molecule has 0 aliphatic carbocycles. The second-order valence-electron chi connectivity index (χ2n) is 5.14. The number of hydrogen-bond donors (Lipinski definition) is 0. The zero-order chi connectivity index (χ0) is 15.0. The van der Waals surface area contributed by atoms with E-state index in [4.69, 9.17) is 0 Å². The quantitative estimate of drug-likeness (QED) is 0.640. The first kappa shape index (κ1) is 14.0. The first-order chi connectivity index (χ1) is 10.1. The molecule has 0 saturated carbocycles. The van der Waals surface area contributed by atoms with Crippen LogP contribution in [-0.2, 0) is 6.67 Å². The monoisotopic (exact) mass is 305 g/mol. The summed E-state index contributed by atoms with van der Waals surface area (Å²) in [7, 11) is 0. The molecule has 2 heterocycles. The third-order valence-corrected chi connectivity index (χ3v) is 4.47. The highest BCUT2D eigenvalue weighted by atomic mass is 32.2. The highest BCUT2D eigenvalue weighted by Gasteiger charge is 2.24. The summed E-state index contributed by atoms with van der Waals surface area (Å²) in [4.78, 5) is 12.8. The maximum absolute atomic E-state index is 10.9. The Balaban J connectivity index is 2.00. The van der Waals surface area contributed by atoms with Crippen molar-refractivity contribution < 1.29 is 4.92 Å². The molecule has 1 aromatic heterocycles. The van der Waals surface area contributed by atoms with Crippen LogP contribution in [0.25, 0.3) is 11.4 Å². The molecule has 0 unspecified atom stereocenters. The molecule has 0 N–H and O–H groups in total. The average molecular weight is 305 g/mol. The largest absolute Gasteiger partial charge is 0.288 e. The molecule has 21 heavy (non-hydrogen) atoms. The van der Waals surface area contributed by atoms with Crippen molar-refractivity contribution in [3.63, 3.8) is 0 Å². The SMILES string of the molecule is CC(C)N1CSc2nnc(-c3cccc([N+](=O)[O-])c3)n2C1. The Labute approximate surface area is 126 Å². The summed E-state index contributed by atoms with van der Waals surface area (Å²) in [6.07, 6.45) is 0. The number of non-ortho nitro benzene ring substituents is 1. The number of rotatable bonds is 3. The van der Waals surface area contributed by atoms with Crippen molar-refractivity contribution in [2.24, 2.45) is 0 Å². The third-order valence-electron chi connectivity index (χ3n) is 3.44. The van der Waals surface area contributed by atoms with Gasteiger partial charge in [0.2, 0.25) is 0 Å². The van der Waals surface area contributed by atoms with Gasteiger partial charge < -0.3 is 0 Å². The van der Waals surface area contributed by atoms with E-state index >= 15 is 0 Å². The molecule has 1 aliphatic rings. The topological polar surface area (TPSA) is 77.1 Å². The summed E-state index contributed by atoms with van der Waals surface area (Å²) in [5.41, 5.74) is 0.781. The predicted molar refractivity (Wildman–Crippen MR) is 79.8 cm³/mol. The number of aromatic nitrogens is 3. The predicted octanol–water partition coefficient (Wildman–Crippen LogP) is 2.58. The minimum atomic E-state index is -0.397. The van der Waals surface area contributed by atoms with E-state index in [1.165, 1.54) is 12.1 Å². The van der Waals surface area contributed by atoms with Crippen LogP contribution in [0.1, 0.15) is 13.8 Å². The number of fused-ring (bicyclic) bond motifs is 1. The highest BCUT2D eigenvalue weighted by Crippen LogP contribution is 2.30. The van der Waals surface area contributed by atoms with E-state index in [1.807, 2.05) is 10.6 Å². The fourth-order valence-corrected chi connectivity index (χ4v) is 3.23. The van der Waals surface area contributed by atoms with Crippen molar-refractivity contribution in [2.75, 3.05) is 5.88 Å². The van der Waals surface area contributed by atoms with Gasteiger partial charge in [0.1, 0.15) is 0 Å². The Morgan fingerprint density at radius 1 is 1.38 bits per heavy atom. The molecule has 7 nitrogen and oxygen atoms in total. The standard InChI is InChI=1S/C13H15N5O2S/c1-9(2)16-7-17-12(14-15-13(17)21-8-16)10-4-3-5-11(6-10)18(19)20/h3-6,9H,7-8H2,1-2H3. The number of benzene rings is 1. The lowest BCUT2D eigenvalue weighted by Gasteiger charge is -2.30. The fourth-order valence-electron chi connectivity index (χ4n) is 2.17. The van der Waals surface area contributed by atoms with Crippen LogP contribution in [0.5, 0.6) is 0 Å². The smallest absolute Gasteiger partial charge is 0.270 e. The second-order valence-corrected chi connectivity index (χ2v) is 6.05. The number of nitro groups is 1. The van der Waals surface area contributed by atoms with Crippen LogP contribution >= 0.6 is 11.8 Å². The van der Waals surface area contributed by atoms with Gasteiger partial charge in [-0.15, -0.1) is 10.2 Å². The Hall–Kier alpha value is -1.93. The van der Waals surface area contributed by atoms with Crippen LogP contribution in [0.2, 0.25) is 0 Å². The van der Waals surface area contributed by atoms with Crippen molar-refractivity contribution >= 4 is 17.4 Å². The van der Waals surface area contributed by atoms with Crippen LogP contribution in [0.4, 0.5) is 5.69 Å². The Kier molecular flexibility index (Phi) is 3.64. The molecule has 0 radical (unpaired) electrons. The lowest BCUT2D eigenvalue weighted by molar-refractivity contribution is -0.384. The molecule has 0 atom stereocenters. The lowest BCUT2D eigenvalue weighted by Crippen LogP contribution is -2.35. The minimum absolute atomic E-state index is 0.0639. The van der Waals surface area contributed by atoms with E-state index < -0.39 is 4.92 Å². The van der Waals surface area contributed by atoms with Gasteiger partial charge in [-0.25, -0.2) is 0 Å². The number of hydrogen-bond acceptors (Lipinski definition) is 6. The first-order valence-electron chi connectivity index (χ1n) is 6.61. The summed E-state index contributed by atoms with van der Waals surface area (Å²) >= 11 is 1.63. The van der Waals surface area contributed by atoms with Crippen molar-refractivity contribution in [3.05, 3.63) is 34.4 Å². The summed E-state index contributed by atoms with van der Waals surface area (Å²) < 4.78 is 2.01. The zero-order valence-corrected chi connectivity index (χ0v) is 12.6. The van der Waals surface area contributed by atoms with Gasteiger partial charge >= 0.3 is 0 Å². The lowest BCUT2D eigenvalue weighted by atomic mass is 10.2. The molecule has 1 aromatic carbocycles. The molecular weight excluding hydrogens is 290 g/mol. The van der Waals surface area contributed by atoms with Gasteiger partial charge in [0.25, 0.3) is 5.69 Å². The zero-order valence-electron chi connectivity index (χ0n) is 11.8. The van der Waals surface area contributed by atoms with Crippen LogP contribution in [0.3, 0.4) is 0 Å². The van der Waals surface area contributed by atoms with Gasteiger partial charge in [-0.2, -0.15) is 0 Å². The van der Waals surface area contributed by atoms with E-state index in [9.17, 15) is 10.1 Å². The Morgan fingerprint density at radius 2 is 2.19 bits per heavy atom. The van der Waals surface area contributed by atoms with Gasteiger partial charge in [-0.3, -0.25) is 19.6 Å². The van der Waals surface area contributed by atoms with E-state index in [2.05, 4.69) is 28.9 Å². The molecular formula is C13H15N5O2S. The highest BCUT2D eigenvalue weighted by molar-refractivity contribution is 7.99. The van der Waals surface area contributed by atoms with E-state index in [0.29, 0.717) is 24.1 Å². The van der Waals surface area contributed by atoms with Crippen LogP contribution < -0.4 is 0 Å². The second kappa shape index (κ2) is 5.45. The van der Waals surface area contributed by atoms with Gasteiger partial charge in [0.15, 0.2) is 11.0 Å². The molecule has 0 amide bonds. The summed E-state index contributed by atoms with van der Waals surface area (Å²) in [6.45, 7) is 4.98. The van der Waals surface area contributed by atoms with Crippen molar-refractivity contribution in [1.82, 2.24) is 19.7 Å². The molecule has 3 rings (SSSR count). The Bertz CT molecular complexity index is 685. The fraction of sp³-hybridized carbons (Fsp3) is 0.385. The van der Waals surface area contributed by atoms with Crippen molar-refractivity contribution in [3.8, 4) is 11.4 Å². The number of nitro benzene ring substituents is 1. The molecule has 110 valence electrons. The Morgan fingerprint density at radius 3 is 2.90 bits per heavy atom. The van der Waals surface area contributed by atoms with Gasteiger partial charge in [0.05, 0.1) is 17.5 Å². The molecule has 1 aliphatic heterocycles. The summed E-state index contributed by atoms with van der Waals surface area (Å²) in [5, 5.41) is 20.1. The van der Waals surface area contributed by atoms with E-state index in [1.54, 1.807) is 17.8 Å². The van der Waals surface area contributed by atoms with Crippen molar-refractivity contribution in [2.45, 2.75) is 31.7 Å². The number of nitrogens with zero attached hydrogens (tertiary/aromatic N) is 5. The number of thioether (sulfide) groups is 1. The van der Waals surface area contributed by atoms with E-state index in [0.717, 1.165) is 11.0 Å². The minimum Gasteiger partial charge on any atom is -0.288 e. The molecule has 0 saturated heterocycles. The van der Waals surface area contributed by atoms with Crippen molar-refractivity contribution in [1.29, 1.82) is 0 Å². The summed E-state index contributed by atoms with van der Waals surface area (Å²) in [6, 6.07) is 6.93. The molecule has 0 fully saturated rings. The maximum Gasteiger partial charge on any atom is 0.270 e.